The Bertz CT molecular complexity index is 1500. The lowest BCUT2D eigenvalue weighted by Crippen LogP contribution is -2.30. The number of esters is 4. The highest BCUT2D eigenvalue weighted by Gasteiger charge is 2.30. The number of carbonyl (C=O) groups excluding carboxylic acids is 4. The number of phosphoric acid groups is 2. The minimum atomic E-state index is -4.93. The monoisotopic (exact) mass is 1140 g/mol. The highest BCUT2D eigenvalue weighted by atomic mass is 31.2. The number of unbranched alkanes of at least 4 members (excludes halogenated alkanes) is 33. The maximum Gasteiger partial charge on any atom is 0.472 e. The zero-order valence-corrected chi connectivity index (χ0v) is 50.7. The lowest BCUT2D eigenvalue weighted by molar-refractivity contribution is -0.161. The fourth-order valence-corrected chi connectivity index (χ4v) is 10.2. The molecule has 0 aliphatic carbocycles. The molecule has 0 saturated carbocycles. The second-order valence-electron chi connectivity index (χ2n) is 21.0. The number of hydrogen-bond donors (Lipinski definition) is 3. The molecule has 2 unspecified atom stereocenters. The summed E-state index contributed by atoms with van der Waals surface area (Å²) in [5.41, 5.74) is 0. The molecule has 0 bridgehead atoms. The predicted octanol–water partition coefficient (Wildman–Crippen LogP) is 15.6. The van der Waals surface area contributed by atoms with Crippen LogP contribution < -0.4 is 0 Å². The van der Waals surface area contributed by atoms with Crippen LogP contribution in [0.2, 0.25) is 0 Å². The van der Waals surface area contributed by atoms with Gasteiger partial charge in [0.25, 0.3) is 0 Å². The van der Waals surface area contributed by atoms with Crippen LogP contribution in [0.5, 0.6) is 0 Å². The Kier molecular flexibility index (Phi) is 52.0. The van der Waals surface area contributed by atoms with Crippen molar-refractivity contribution in [1.29, 1.82) is 0 Å². The summed E-state index contributed by atoms with van der Waals surface area (Å²) in [4.78, 5) is 71.6. The Morgan fingerprint density at radius 1 is 0.312 bits per heavy atom. The highest BCUT2D eigenvalue weighted by molar-refractivity contribution is 7.47. The SMILES string of the molecule is CCCCCCCCCCCCCCCCCC(=O)O[C@H](COC(=O)CCCCCCCCCCC)COP(=O)(O)OC[C@@H](O)COP(=O)(O)OC[C@@H](COC(=O)CCCCCCC)OC(=O)CCCCCCCCCC. The minimum absolute atomic E-state index is 0.104. The van der Waals surface area contributed by atoms with E-state index in [2.05, 4.69) is 27.7 Å². The third-order valence-electron chi connectivity index (χ3n) is 13.4. The summed E-state index contributed by atoms with van der Waals surface area (Å²) in [5.74, 6) is -2.15. The molecule has 0 aliphatic heterocycles. The molecule has 0 aromatic heterocycles. The van der Waals surface area contributed by atoms with Crippen LogP contribution in [0.3, 0.4) is 0 Å². The van der Waals surface area contributed by atoms with Gasteiger partial charge in [0.15, 0.2) is 12.2 Å². The van der Waals surface area contributed by atoms with Crippen molar-refractivity contribution in [3.05, 3.63) is 0 Å². The van der Waals surface area contributed by atoms with E-state index in [1.807, 2.05) is 0 Å². The van der Waals surface area contributed by atoms with E-state index in [1.165, 1.54) is 109 Å². The van der Waals surface area contributed by atoms with E-state index in [1.54, 1.807) is 0 Å². The van der Waals surface area contributed by atoms with Gasteiger partial charge < -0.3 is 33.8 Å². The molecular formula is C58H112O17P2. The number of hydrogen-bond acceptors (Lipinski definition) is 15. The van der Waals surface area contributed by atoms with E-state index < -0.39 is 97.5 Å². The van der Waals surface area contributed by atoms with Crippen molar-refractivity contribution in [3.8, 4) is 0 Å². The number of aliphatic hydroxyl groups is 1. The van der Waals surface area contributed by atoms with Gasteiger partial charge in [0.05, 0.1) is 26.4 Å². The molecule has 456 valence electrons. The Balaban J connectivity index is 5.14. The Morgan fingerprint density at radius 3 is 0.766 bits per heavy atom. The van der Waals surface area contributed by atoms with Gasteiger partial charge in [-0.05, 0) is 25.7 Å². The summed E-state index contributed by atoms with van der Waals surface area (Å²) in [6.45, 7) is 4.72. The topological polar surface area (TPSA) is 237 Å². The van der Waals surface area contributed by atoms with Crippen LogP contribution in [0.25, 0.3) is 0 Å². The van der Waals surface area contributed by atoms with Crippen molar-refractivity contribution < 1.29 is 80.2 Å². The van der Waals surface area contributed by atoms with Gasteiger partial charge in [-0.2, -0.15) is 0 Å². The van der Waals surface area contributed by atoms with Crippen molar-refractivity contribution in [2.45, 2.75) is 309 Å². The number of rotatable bonds is 59. The lowest BCUT2D eigenvalue weighted by Gasteiger charge is -2.21. The van der Waals surface area contributed by atoms with Crippen molar-refractivity contribution in [3.63, 3.8) is 0 Å². The average molecular weight is 1140 g/mol. The molecule has 0 aromatic rings. The molecule has 3 N–H and O–H groups in total. The van der Waals surface area contributed by atoms with E-state index in [-0.39, 0.29) is 25.7 Å². The van der Waals surface area contributed by atoms with E-state index in [0.29, 0.717) is 25.7 Å². The van der Waals surface area contributed by atoms with E-state index in [0.717, 1.165) is 103 Å². The summed E-state index contributed by atoms with van der Waals surface area (Å²) in [5, 5.41) is 10.5. The maximum absolute atomic E-state index is 12.9. The highest BCUT2D eigenvalue weighted by Crippen LogP contribution is 2.45. The molecule has 0 aromatic carbocycles. The third-order valence-corrected chi connectivity index (χ3v) is 15.3. The predicted molar refractivity (Wildman–Crippen MR) is 303 cm³/mol. The average Bonchev–Trinajstić information content (AvgIpc) is 3.40. The summed E-state index contributed by atoms with van der Waals surface area (Å²) in [6.07, 6.45) is 36.6. The van der Waals surface area contributed by atoms with Crippen LogP contribution in [0.1, 0.15) is 291 Å². The van der Waals surface area contributed by atoms with Crippen LogP contribution in [0.4, 0.5) is 0 Å². The van der Waals surface area contributed by atoms with Gasteiger partial charge in [-0.15, -0.1) is 0 Å². The first-order valence-electron chi connectivity index (χ1n) is 30.8. The van der Waals surface area contributed by atoms with Crippen LogP contribution >= 0.6 is 15.6 Å². The van der Waals surface area contributed by atoms with E-state index in [4.69, 9.17) is 37.0 Å². The molecule has 19 heteroatoms. The Morgan fingerprint density at radius 2 is 0.519 bits per heavy atom. The molecule has 0 spiro atoms. The number of carbonyl (C=O) groups is 4. The largest absolute Gasteiger partial charge is 0.472 e. The molecule has 0 aliphatic rings. The molecule has 0 radical (unpaired) electrons. The van der Waals surface area contributed by atoms with Crippen molar-refractivity contribution >= 4 is 39.5 Å². The van der Waals surface area contributed by atoms with Crippen molar-refractivity contribution in [2.75, 3.05) is 39.6 Å². The van der Waals surface area contributed by atoms with Gasteiger partial charge in [0, 0.05) is 25.7 Å². The fraction of sp³-hybridized carbons (Fsp3) is 0.931. The van der Waals surface area contributed by atoms with Crippen LogP contribution in [-0.4, -0.2) is 96.7 Å². The smallest absolute Gasteiger partial charge is 0.462 e. The number of aliphatic hydroxyl groups excluding tert-OH is 1. The van der Waals surface area contributed by atoms with Crippen molar-refractivity contribution in [1.82, 2.24) is 0 Å². The third kappa shape index (κ3) is 53.2. The fourth-order valence-electron chi connectivity index (χ4n) is 8.57. The van der Waals surface area contributed by atoms with Crippen LogP contribution in [0, 0.1) is 0 Å². The molecule has 17 nitrogen and oxygen atoms in total. The van der Waals surface area contributed by atoms with Crippen LogP contribution in [0.15, 0.2) is 0 Å². The summed E-state index contributed by atoms with van der Waals surface area (Å²) in [6, 6.07) is 0. The quantitative estimate of drug-likeness (QED) is 0.0222. The first kappa shape index (κ1) is 75.1. The normalized spacial score (nSPS) is 14.3. The van der Waals surface area contributed by atoms with Gasteiger partial charge in [-0.1, -0.05) is 240 Å². The lowest BCUT2D eigenvalue weighted by atomic mass is 10.0. The van der Waals surface area contributed by atoms with Crippen molar-refractivity contribution in [2.24, 2.45) is 0 Å². The molecule has 0 heterocycles. The number of ether oxygens (including phenoxy) is 4. The maximum atomic E-state index is 12.9. The Hall–Kier alpha value is -1.94. The Labute approximate surface area is 467 Å². The van der Waals surface area contributed by atoms with Gasteiger partial charge >= 0.3 is 39.5 Å². The summed E-state index contributed by atoms with van der Waals surface area (Å²) >= 11 is 0. The standard InChI is InChI=1S/C58H112O17P2/c1-5-9-13-17-20-23-24-25-26-27-28-30-33-37-41-45-58(63)75-54(49-69-56(61)43-39-35-32-29-21-18-14-10-6-2)51-73-77(66,67)71-47-52(59)46-70-76(64,65)72-50-53(48-68-55(60)42-38-34-16-12-8-4)74-57(62)44-40-36-31-22-19-15-11-7-3/h52-54,59H,5-51H2,1-4H3,(H,64,65)(H,66,67)/t52-,53+,54+/m0/s1. The molecule has 0 fully saturated rings. The first-order chi connectivity index (χ1) is 37.2. The molecule has 5 atom stereocenters. The minimum Gasteiger partial charge on any atom is -0.462 e. The summed E-state index contributed by atoms with van der Waals surface area (Å²) in [7, 11) is -9.86. The van der Waals surface area contributed by atoms with Gasteiger partial charge in [-0.25, -0.2) is 9.13 Å². The van der Waals surface area contributed by atoms with E-state index >= 15 is 0 Å². The molecule has 0 rings (SSSR count). The second-order valence-corrected chi connectivity index (χ2v) is 23.9. The first-order valence-corrected chi connectivity index (χ1v) is 33.8. The zero-order valence-electron chi connectivity index (χ0n) is 48.9. The molecule has 77 heavy (non-hydrogen) atoms. The zero-order chi connectivity index (χ0) is 56.9. The van der Waals surface area contributed by atoms with Crippen LogP contribution in [-0.2, 0) is 65.4 Å². The second kappa shape index (κ2) is 53.4. The van der Waals surface area contributed by atoms with Gasteiger partial charge in [0.1, 0.15) is 19.3 Å². The molecule has 0 saturated heterocycles. The van der Waals surface area contributed by atoms with Gasteiger partial charge in [-0.3, -0.25) is 37.3 Å². The molecule has 0 amide bonds. The summed E-state index contributed by atoms with van der Waals surface area (Å²) < 4.78 is 67.5. The van der Waals surface area contributed by atoms with Gasteiger partial charge in [0.2, 0.25) is 0 Å². The molecular weight excluding hydrogens is 1030 g/mol. The van der Waals surface area contributed by atoms with E-state index in [9.17, 15) is 43.2 Å². The number of phosphoric ester groups is 2.